The van der Waals surface area contributed by atoms with Crippen molar-refractivity contribution in [2.24, 2.45) is 11.7 Å². The van der Waals surface area contributed by atoms with Gasteiger partial charge in [0, 0.05) is 18.6 Å². The van der Waals surface area contributed by atoms with E-state index >= 15 is 0 Å². The Morgan fingerprint density at radius 1 is 1.28 bits per heavy atom. The zero-order valence-electron chi connectivity index (χ0n) is 10.3. The van der Waals surface area contributed by atoms with E-state index in [9.17, 15) is 8.78 Å². The number of nitrogens with two attached hydrogens (primary N) is 1. The quantitative estimate of drug-likeness (QED) is 0.860. The minimum Gasteiger partial charge on any atom is -0.342 e. The van der Waals surface area contributed by atoms with Crippen LogP contribution in [0.15, 0.2) is 12.1 Å². The Labute approximate surface area is 104 Å². The van der Waals surface area contributed by atoms with Crippen LogP contribution in [-0.4, -0.2) is 16.5 Å². The largest absolute Gasteiger partial charge is 0.342 e. The fraction of sp³-hybridized carbons (Fsp3) is 0.462. The first-order chi connectivity index (χ1) is 8.60. The third-order valence-corrected chi connectivity index (χ3v) is 3.11. The van der Waals surface area contributed by atoms with E-state index in [2.05, 4.69) is 16.9 Å². The topological polar surface area (TPSA) is 54.7 Å². The molecule has 0 radical (unpaired) electrons. The van der Waals surface area contributed by atoms with Gasteiger partial charge in [0.25, 0.3) is 0 Å². The van der Waals surface area contributed by atoms with E-state index in [1.165, 1.54) is 0 Å². The monoisotopic (exact) mass is 253 g/mol. The predicted octanol–water partition coefficient (Wildman–Crippen LogP) is 2.76. The summed E-state index contributed by atoms with van der Waals surface area (Å²) in [5, 5.41) is 0. The molecule has 3 nitrogen and oxygen atoms in total. The van der Waals surface area contributed by atoms with Gasteiger partial charge in [0.15, 0.2) is 11.6 Å². The Kier molecular flexibility index (Phi) is 3.91. The number of halogens is 2. The van der Waals surface area contributed by atoms with Crippen LogP contribution < -0.4 is 5.73 Å². The molecule has 0 saturated carbocycles. The summed E-state index contributed by atoms with van der Waals surface area (Å²) in [7, 11) is 0. The lowest BCUT2D eigenvalue weighted by Crippen LogP contribution is -2.06. The lowest BCUT2D eigenvalue weighted by atomic mass is 10.0. The van der Waals surface area contributed by atoms with Crippen LogP contribution in [0.25, 0.3) is 11.0 Å². The van der Waals surface area contributed by atoms with Gasteiger partial charge in [-0.3, -0.25) is 0 Å². The van der Waals surface area contributed by atoms with Gasteiger partial charge in [-0.25, -0.2) is 13.8 Å². The smallest absolute Gasteiger partial charge is 0.161 e. The lowest BCUT2D eigenvalue weighted by Gasteiger charge is -2.07. The Balaban J connectivity index is 2.10. The molecule has 1 unspecified atom stereocenters. The summed E-state index contributed by atoms with van der Waals surface area (Å²) in [5.41, 5.74) is 6.49. The molecule has 0 amide bonds. The number of benzene rings is 1. The molecule has 1 heterocycles. The summed E-state index contributed by atoms with van der Waals surface area (Å²) < 4.78 is 26.1. The van der Waals surface area contributed by atoms with E-state index in [-0.39, 0.29) is 0 Å². The number of aryl methyl sites for hydroxylation is 1. The second-order valence-electron chi connectivity index (χ2n) is 4.69. The van der Waals surface area contributed by atoms with Crippen LogP contribution in [0.3, 0.4) is 0 Å². The van der Waals surface area contributed by atoms with Crippen molar-refractivity contribution in [3.8, 4) is 0 Å². The molecule has 0 saturated heterocycles. The molecule has 2 aromatic rings. The van der Waals surface area contributed by atoms with E-state index in [4.69, 9.17) is 5.73 Å². The maximum atomic E-state index is 13.0. The number of H-pyrrole nitrogens is 1. The molecule has 1 aromatic carbocycles. The second-order valence-corrected chi connectivity index (χ2v) is 4.69. The first-order valence-electron chi connectivity index (χ1n) is 6.14. The number of rotatable bonds is 5. The Hall–Kier alpha value is -1.49. The van der Waals surface area contributed by atoms with Gasteiger partial charge < -0.3 is 10.7 Å². The minimum absolute atomic E-state index is 0.468. The molecule has 18 heavy (non-hydrogen) atoms. The standard InChI is InChI=1S/C13H17F2N3/c1-8(4-5-16)2-3-13-17-11-6-9(14)10(15)7-12(11)18-13/h6-8H,2-5,16H2,1H3,(H,17,18). The molecular formula is C13H17F2N3. The SMILES string of the molecule is CC(CCN)CCc1nc2cc(F)c(F)cc2[nH]1. The number of nitrogens with zero attached hydrogens (tertiary/aromatic N) is 1. The highest BCUT2D eigenvalue weighted by Gasteiger charge is 2.09. The number of fused-ring (bicyclic) bond motifs is 1. The number of aromatic amines is 1. The fourth-order valence-electron chi connectivity index (χ4n) is 1.99. The third-order valence-electron chi connectivity index (χ3n) is 3.11. The molecule has 1 atom stereocenters. The maximum Gasteiger partial charge on any atom is 0.161 e. The highest BCUT2D eigenvalue weighted by atomic mass is 19.2. The first-order valence-corrected chi connectivity index (χ1v) is 6.14. The summed E-state index contributed by atoms with van der Waals surface area (Å²) >= 11 is 0. The molecule has 0 bridgehead atoms. The molecule has 0 fully saturated rings. The van der Waals surface area contributed by atoms with Gasteiger partial charge in [0.05, 0.1) is 11.0 Å². The van der Waals surface area contributed by atoms with Gasteiger partial charge in [-0.05, 0) is 25.3 Å². The van der Waals surface area contributed by atoms with Crippen molar-refractivity contribution in [2.45, 2.75) is 26.2 Å². The molecule has 1 aromatic heterocycles. The average molecular weight is 253 g/mol. The van der Waals surface area contributed by atoms with Crippen LogP contribution in [0.1, 0.15) is 25.6 Å². The Morgan fingerprint density at radius 2 is 2.00 bits per heavy atom. The summed E-state index contributed by atoms with van der Waals surface area (Å²) in [4.78, 5) is 7.27. The Bertz CT molecular complexity index is 497. The molecule has 98 valence electrons. The van der Waals surface area contributed by atoms with E-state index in [0.29, 0.717) is 23.5 Å². The molecule has 0 aliphatic rings. The number of aromatic nitrogens is 2. The number of nitrogens with one attached hydrogen (secondary N) is 1. The molecular weight excluding hydrogens is 236 g/mol. The number of imidazole rings is 1. The predicted molar refractivity (Wildman–Crippen MR) is 67.2 cm³/mol. The Morgan fingerprint density at radius 3 is 2.72 bits per heavy atom. The number of hydrogen-bond donors (Lipinski definition) is 2. The molecule has 5 heteroatoms. The summed E-state index contributed by atoms with van der Waals surface area (Å²) in [6.07, 6.45) is 2.70. The van der Waals surface area contributed by atoms with E-state index in [1.807, 2.05) is 0 Å². The first kappa shape index (κ1) is 13.0. The van der Waals surface area contributed by atoms with Crippen molar-refractivity contribution in [1.29, 1.82) is 0 Å². The molecule has 2 rings (SSSR count). The van der Waals surface area contributed by atoms with Crippen LogP contribution in [0, 0.1) is 17.6 Å². The molecule has 0 spiro atoms. The molecule has 0 aliphatic carbocycles. The normalized spacial score (nSPS) is 13.1. The maximum absolute atomic E-state index is 13.0. The van der Waals surface area contributed by atoms with Gasteiger partial charge in [0.2, 0.25) is 0 Å². The van der Waals surface area contributed by atoms with Gasteiger partial charge in [-0.15, -0.1) is 0 Å². The second kappa shape index (κ2) is 5.44. The van der Waals surface area contributed by atoms with Crippen LogP contribution in [-0.2, 0) is 6.42 Å². The number of hydrogen-bond acceptors (Lipinski definition) is 2. The van der Waals surface area contributed by atoms with Crippen LogP contribution in [0.2, 0.25) is 0 Å². The minimum atomic E-state index is -0.864. The van der Waals surface area contributed by atoms with Crippen molar-refractivity contribution < 1.29 is 8.78 Å². The van der Waals surface area contributed by atoms with Crippen molar-refractivity contribution in [1.82, 2.24) is 9.97 Å². The zero-order valence-corrected chi connectivity index (χ0v) is 10.3. The summed E-state index contributed by atoms with van der Waals surface area (Å²) in [6.45, 7) is 2.81. The van der Waals surface area contributed by atoms with Crippen molar-refractivity contribution >= 4 is 11.0 Å². The fourth-order valence-corrected chi connectivity index (χ4v) is 1.99. The van der Waals surface area contributed by atoms with Gasteiger partial charge in [-0.1, -0.05) is 6.92 Å². The van der Waals surface area contributed by atoms with E-state index < -0.39 is 11.6 Å². The van der Waals surface area contributed by atoms with Crippen molar-refractivity contribution in [2.75, 3.05) is 6.54 Å². The van der Waals surface area contributed by atoms with E-state index in [0.717, 1.165) is 37.2 Å². The molecule has 0 aliphatic heterocycles. The van der Waals surface area contributed by atoms with Gasteiger partial charge in [-0.2, -0.15) is 0 Å². The third kappa shape index (κ3) is 2.85. The van der Waals surface area contributed by atoms with Crippen LogP contribution in [0.4, 0.5) is 8.78 Å². The summed E-state index contributed by atoms with van der Waals surface area (Å²) in [6, 6.07) is 2.26. The summed E-state index contributed by atoms with van der Waals surface area (Å²) in [5.74, 6) is -0.429. The molecule has 3 N–H and O–H groups in total. The van der Waals surface area contributed by atoms with E-state index in [1.54, 1.807) is 0 Å². The van der Waals surface area contributed by atoms with Crippen molar-refractivity contribution in [3.05, 3.63) is 29.6 Å². The van der Waals surface area contributed by atoms with Gasteiger partial charge >= 0.3 is 0 Å². The van der Waals surface area contributed by atoms with Gasteiger partial charge in [0.1, 0.15) is 5.82 Å². The highest BCUT2D eigenvalue weighted by Crippen LogP contribution is 2.18. The highest BCUT2D eigenvalue weighted by molar-refractivity contribution is 5.75. The van der Waals surface area contributed by atoms with Crippen molar-refractivity contribution in [3.63, 3.8) is 0 Å². The zero-order chi connectivity index (χ0) is 13.1. The lowest BCUT2D eigenvalue weighted by molar-refractivity contribution is 0.495. The van der Waals surface area contributed by atoms with Crippen LogP contribution >= 0.6 is 0 Å². The van der Waals surface area contributed by atoms with Crippen LogP contribution in [0.5, 0.6) is 0 Å². The average Bonchev–Trinajstić information content (AvgIpc) is 2.69.